The van der Waals surface area contributed by atoms with Gasteiger partial charge in [0.05, 0.1) is 6.10 Å². The van der Waals surface area contributed by atoms with Crippen LogP contribution in [0.5, 0.6) is 0 Å². The van der Waals surface area contributed by atoms with Gasteiger partial charge in [-0.1, -0.05) is 26.7 Å². The number of rotatable bonds is 2. The number of hydrogen-bond acceptors (Lipinski definition) is 1. The van der Waals surface area contributed by atoms with E-state index in [1.165, 1.54) is 12.8 Å². The lowest BCUT2D eigenvalue weighted by Gasteiger charge is -2.09. The van der Waals surface area contributed by atoms with Crippen LogP contribution in [0.15, 0.2) is 0 Å². The van der Waals surface area contributed by atoms with Crippen LogP contribution in [0, 0.1) is 11.8 Å². The normalized spacial score (nSPS) is 40.5. The molecule has 0 radical (unpaired) electrons. The monoisotopic (exact) mass is 142 g/mol. The molecule has 0 saturated heterocycles. The Balaban J connectivity index is 2.36. The van der Waals surface area contributed by atoms with Crippen molar-refractivity contribution in [2.75, 3.05) is 0 Å². The lowest BCUT2D eigenvalue weighted by Crippen LogP contribution is -2.11. The molecule has 1 heteroatoms. The molecule has 1 nitrogen and oxygen atoms in total. The van der Waals surface area contributed by atoms with Gasteiger partial charge in [-0.2, -0.15) is 0 Å². The van der Waals surface area contributed by atoms with Crippen molar-refractivity contribution >= 4 is 0 Å². The van der Waals surface area contributed by atoms with Gasteiger partial charge >= 0.3 is 0 Å². The second kappa shape index (κ2) is 3.38. The Morgan fingerprint density at radius 1 is 1.20 bits per heavy atom. The molecule has 1 aliphatic rings. The van der Waals surface area contributed by atoms with Gasteiger partial charge in [-0.05, 0) is 24.7 Å². The predicted octanol–water partition coefficient (Wildman–Crippen LogP) is 2.19. The van der Waals surface area contributed by atoms with Crippen LogP contribution in [0.2, 0.25) is 0 Å². The quantitative estimate of drug-likeness (QED) is 0.626. The van der Waals surface area contributed by atoms with E-state index in [9.17, 15) is 5.11 Å². The number of hydrogen-bond donors (Lipinski definition) is 1. The van der Waals surface area contributed by atoms with E-state index in [-0.39, 0.29) is 6.10 Å². The van der Waals surface area contributed by atoms with E-state index < -0.39 is 0 Å². The minimum Gasteiger partial charge on any atom is -0.393 e. The lowest BCUT2D eigenvalue weighted by atomic mass is 10.0. The molecule has 0 aromatic heterocycles. The van der Waals surface area contributed by atoms with E-state index in [4.69, 9.17) is 0 Å². The van der Waals surface area contributed by atoms with Crippen molar-refractivity contribution in [3.8, 4) is 0 Å². The summed E-state index contributed by atoms with van der Waals surface area (Å²) in [6, 6.07) is 0. The summed E-state index contributed by atoms with van der Waals surface area (Å²) >= 11 is 0. The molecule has 0 aliphatic heterocycles. The molecule has 1 rings (SSSR count). The molecule has 1 N–H and O–H groups in total. The van der Waals surface area contributed by atoms with Gasteiger partial charge < -0.3 is 5.11 Å². The van der Waals surface area contributed by atoms with E-state index in [1.54, 1.807) is 0 Å². The van der Waals surface area contributed by atoms with Crippen LogP contribution < -0.4 is 0 Å². The minimum atomic E-state index is 0.00921. The summed E-state index contributed by atoms with van der Waals surface area (Å²) in [7, 11) is 0. The average Bonchev–Trinajstić information content (AvgIpc) is 2.30. The molecular weight excluding hydrogens is 124 g/mol. The second-order valence-corrected chi connectivity index (χ2v) is 3.48. The Labute approximate surface area is 63.4 Å². The van der Waals surface area contributed by atoms with Crippen LogP contribution in [0.1, 0.15) is 39.5 Å². The smallest absolute Gasteiger partial charge is 0.0571 e. The maximum absolute atomic E-state index is 9.49. The third-order valence-electron chi connectivity index (χ3n) is 2.86. The van der Waals surface area contributed by atoms with Crippen molar-refractivity contribution in [3.05, 3.63) is 0 Å². The predicted molar refractivity (Wildman–Crippen MR) is 42.8 cm³/mol. The zero-order valence-corrected chi connectivity index (χ0v) is 7.01. The van der Waals surface area contributed by atoms with E-state index in [0.29, 0.717) is 5.92 Å². The molecular formula is C9H18O. The van der Waals surface area contributed by atoms with Crippen LogP contribution in [0.4, 0.5) is 0 Å². The first kappa shape index (κ1) is 8.06. The van der Waals surface area contributed by atoms with Gasteiger partial charge in [-0.25, -0.2) is 0 Å². The zero-order valence-electron chi connectivity index (χ0n) is 7.01. The van der Waals surface area contributed by atoms with Gasteiger partial charge in [0.25, 0.3) is 0 Å². The maximum atomic E-state index is 9.49. The lowest BCUT2D eigenvalue weighted by molar-refractivity contribution is 0.129. The van der Waals surface area contributed by atoms with Crippen LogP contribution in [-0.2, 0) is 0 Å². The zero-order chi connectivity index (χ0) is 7.56. The molecule has 0 spiro atoms. The van der Waals surface area contributed by atoms with E-state index in [2.05, 4.69) is 13.8 Å². The first-order valence-electron chi connectivity index (χ1n) is 4.46. The molecule has 3 atom stereocenters. The maximum Gasteiger partial charge on any atom is 0.0571 e. The van der Waals surface area contributed by atoms with Crippen molar-refractivity contribution in [3.63, 3.8) is 0 Å². The SMILES string of the molecule is CCC1CC(O)C(CC)C1. The highest BCUT2D eigenvalue weighted by atomic mass is 16.3. The molecule has 3 unspecified atom stereocenters. The molecule has 0 bridgehead atoms. The third-order valence-corrected chi connectivity index (χ3v) is 2.86. The number of aliphatic hydroxyl groups is 1. The van der Waals surface area contributed by atoms with Gasteiger partial charge in [-0.15, -0.1) is 0 Å². The van der Waals surface area contributed by atoms with Crippen molar-refractivity contribution in [2.45, 2.75) is 45.6 Å². The Morgan fingerprint density at radius 3 is 2.20 bits per heavy atom. The van der Waals surface area contributed by atoms with Gasteiger partial charge in [0.15, 0.2) is 0 Å². The Bertz CT molecular complexity index is 101. The molecule has 1 saturated carbocycles. The minimum absolute atomic E-state index is 0.00921. The molecule has 0 aromatic rings. The van der Waals surface area contributed by atoms with E-state index >= 15 is 0 Å². The summed E-state index contributed by atoms with van der Waals surface area (Å²) < 4.78 is 0. The fourth-order valence-electron chi connectivity index (χ4n) is 1.99. The first-order chi connectivity index (χ1) is 4.77. The Hall–Kier alpha value is -0.0400. The van der Waals surface area contributed by atoms with Crippen LogP contribution in [-0.4, -0.2) is 11.2 Å². The average molecular weight is 142 g/mol. The summed E-state index contributed by atoms with van der Waals surface area (Å²) in [4.78, 5) is 0. The number of aliphatic hydroxyl groups excluding tert-OH is 1. The van der Waals surface area contributed by atoms with Gasteiger partial charge in [0, 0.05) is 0 Å². The highest BCUT2D eigenvalue weighted by Crippen LogP contribution is 2.34. The summed E-state index contributed by atoms with van der Waals surface area (Å²) in [5.41, 5.74) is 0. The van der Waals surface area contributed by atoms with Crippen molar-refractivity contribution < 1.29 is 5.11 Å². The first-order valence-corrected chi connectivity index (χ1v) is 4.46. The Kier molecular flexibility index (Phi) is 2.72. The molecule has 0 heterocycles. The summed E-state index contributed by atoms with van der Waals surface area (Å²) in [6.07, 6.45) is 4.71. The fourth-order valence-corrected chi connectivity index (χ4v) is 1.99. The molecule has 0 amide bonds. The van der Waals surface area contributed by atoms with Crippen molar-refractivity contribution in [2.24, 2.45) is 11.8 Å². The molecule has 1 fully saturated rings. The van der Waals surface area contributed by atoms with Crippen LogP contribution in [0.3, 0.4) is 0 Å². The summed E-state index contributed by atoms with van der Waals surface area (Å²) in [5.74, 6) is 1.41. The summed E-state index contributed by atoms with van der Waals surface area (Å²) in [5, 5.41) is 9.49. The fraction of sp³-hybridized carbons (Fsp3) is 1.00. The molecule has 10 heavy (non-hydrogen) atoms. The van der Waals surface area contributed by atoms with Crippen molar-refractivity contribution in [1.82, 2.24) is 0 Å². The highest BCUT2D eigenvalue weighted by molar-refractivity contribution is 4.81. The van der Waals surface area contributed by atoms with Gasteiger partial charge in [0.2, 0.25) is 0 Å². The van der Waals surface area contributed by atoms with Crippen molar-refractivity contribution in [1.29, 1.82) is 0 Å². The largest absolute Gasteiger partial charge is 0.393 e. The van der Waals surface area contributed by atoms with Gasteiger partial charge in [0.1, 0.15) is 0 Å². The second-order valence-electron chi connectivity index (χ2n) is 3.48. The van der Waals surface area contributed by atoms with E-state index in [0.717, 1.165) is 18.8 Å². The third kappa shape index (κ3) is 1.51. The van der Waals surface area contributed by atoms with Crippen LogP contribution >= 0.6 is 0 Å². The molecule has 0 aromatic carbocycles. The highest BCUT2D eigenvalue weighted by Gasteiger charge is 2.29. The molecule has 1 aliphatic carbocycles. The van der Waals surface area contributed by atoms with Gasteiger partial charge in [-0.3, -0.25) is 0 Å². The summed E-state index contributed by atoms with van der Waals surface area (Å²) in [6.45, 7) is 4.39. The molecule has 60 valence electrons. The topological polar surface area (TPSA) is 20.2 Å². The van der Waals surface area contributed by atoms with E-state index in [1.807, 2.05) is 0 Å². The standard InChI is InChI=1S/C9H18O/c1-3-7-5-8(4-2)9(10)6-7/h7-10H,3-6H2,1-2H3. The Morgan fingerprint density at radius 2 is 1.90 bits per heavy atom. The van der Waals surface area contributed by atoms with Crippen LogP contribution in [0.25, 0.3) is 0 Å².